The summed E-state index contributed by atoms with van der Waals surface area (Å²) in [5.41, 5.74) is 0.0864. The van der Waals surface area contributed by atoms with Crippen LogP contribution >= 0.6 is 0 Å². The molecular weight excluding hydrogens is 288 g/mol. The van der Waals surface area contributed by atoms with Crippen molar-refractivity contribution >= 4 is 6.09 Å². The number of carbonyl (C=O) groups is 1. The van der Waals surface area contributed by atoms with Gasteiger partial charge in [-0.2, -0.15) is 4.57 Å². The van der Waals surface area contributed by atoms with E-state index in [9.17, 15) is 14.4 Å². The predicted octanol–water partition coefficient (Wildman–Crippen LogP) is 1.20. The summed E-state index contributed by atoms with van der Waals surface area (Å²) in [7, 11) is 0. The van der Waals surface area contributed by atoms with Gasteiger partial charge < -0.3 is 9.47 Å². The first-order valence-electron chi connectivity index (χ1n) is 7.83. The number of rotatable bonds is 2. The van der Waals surface area contributed by atoms with E-state index in [0.717, 1.165) is 28.4 Å². The fourth-order valence-corrected chi connectivity index (χ4v) is 3.22. The van der Waals surface area contributed by atoms with Crippen molar-refractivity contribution < 1.29 is 14.3 Å². The van der Waals surface area contributed by atoms with Crippen LogP contribution < -0.4 is 11.2 Å². The van der Waals surface area contributed by atoms with Crippen molar-refractivity contribution in [2.45, 2.75) is 51.7 Å². The Morgan fingerprint density at radius 1 is 1.27 bits per heavy atom. The van der Waals surface area contributed by atoms with E-state index >= 15 is 0 Å². The second kappa shape index (κ2) is 6.08. The molecule has 1 aromatic rings. The molecule has 1 aromatic heterocycles. The minimum absolute atomic E-state index is 0.180. The lowest BCUT2D eigenvalue weighted by molar-refractivity contribution is -0.0375. The fourth-order valence-electron chi connectivity index (χ4n) is 3.22. The Labute approximate surface area is 127 Å². The summed E-state index contributed by atoms with van der Waals surface area (Å²) in [6.07, 6.45) is 3.02. The van der Waals surface area contributed by atoms with E-state index < -0.39 is 18.0 Å². The van der Waals surface area contributed by atoms with E-state index in [-0.39, 0.29) is 12.2 Å². The van der Waals surface area contributed by atoms with E-state index in [1.54, 1.807) is 6.92 Å². The highest BCUT2D eigenvalue weighted by molar-refractivity contribution is 5.71. The first-order chi connectivity index (χ1) is 10.6. The van der Waals surface area contributed by atoms with Crippen LogP contribution in [0.3, 0.4) is 0 Å². The van der Waals surface area contributed by atoms with Crippen molar-refractivity contribution in [3.63, 3.8) is 0 Å². The summed E-state index contributed by atoms with van der Waals surface area (Å²) in [4.78, 5) is 37.5. The van der Waals surface area contributed by atoms with Crippen LogP contribution in [0.5, 0.6) is 0 Å². The van der Waals surface area contributed by atoms with Gasteiger partial charge in [-0.15, -0.1) is 0 Å². The van der Waals surface area contributed by atoms with Crippen LogP contribution in [0.4, 0.5) is 4.79 Å². The molecule has 0 N–H and O–H groups in total. The smallest absolute Gasteiger partial charge is 0.422 e. The monoisotopic (exact) mass is 308 g/mol. The lowest BCUT2D eigenvalue weighted by atomic mass is 10.2. The van der Waals surface area contributed by atoms with Gasteiger partial charge in [0.1, 0.15) is 6.23 Å². The van der Waals surface area contributed by atoms with Crippen molar-refractivity contribution in [3.8, 4) is 0 Å². The van der Waals surface area contributed by atoms with E-state index in [1.165, 1.54) is 0 Å². The minimum atomic E-state index is -0.713. The Hall–Kier alpha value is -1.89. The topological polar surface area (TPSA) is 79.5 Å². The van der Waals surface area contributed by atoms with Gasteiger partial charge in [0.05, 0.1) is 6.61 Å². The molecule has 7 heteroatoms. The molecule has 1 atom stereocenters. The average molecular weight is 308 g/mol. The SMILES string of the molecule is CCOC(=O)n1c2c(c(=O)n(C3CCCCO3)c1=O)CCC2. The number of hydrogen-bond donors (Lipinski definition) is 0. The van der Waals surface area contributed by atoms with Gasteiger partial charge in [0.2, 0.25) is 0 Å². The largest absolute Gasteiger partial charge is 0.449 e. The lowest BCUT2D eigenvalue weighted by Crippen LogP contribution is -2.47. The van der Waals surface area contributed by atoms with Gasteiger partial charge in [-0.3, -0.25) is 4.79 Å². The standard InChI is InChI=1S/C15H20N2O5/c1-2-21-15(20)16-11-7-5-6-10(11)13(18)17(14(16)19)12-8-3-4-9-22-12/h12H,2-9H2,1H3. The summed E-state index contributed by atoms with van der Waals surface area (Å²) in [5.74, 6) is 0. The van der Waals surface area contributed by atoms with Crippen LogP contribution in [0, 0.1) is 0 Å². The van der Waals surface area contributed by atoms with Gasteiger partial charge >= 0.3 is 11.8 Å². The number of fused-ring (bicyclic) bond motifs is 1. The van der Waals surface area contributed by atoms with Crippen molar-refractivity contribution in [2.24, 2.45) is 0 Å². The van der Waals surface area contributed by atoms with Gasteiger partial charge in [0.25, 0.3) is 5.56 Å². The Bertz CT molecular complexity index is 697. The van der Waals surface area contributed by atoms with Crippen molar-refractivity contribution in [1.29, 1.82) is 0 Å². The van der Waals surface area contributed by atoms with Crippen LogP contribution in [-0.2, 0) is 22.3 Å². The molecule has 22 heavy (non-hydrogen) atoms. The summed E-state index contributed by atoms with van der Waals surface area (Å²) in [6, 6.07) is 0. The Morgan fingerprint density at radius 2 is 2.09 bits per heavy atom. The van der Waals surface area contributed by atoms with Gasteiger partial charge in [-0.25, -0.2) is 14.2 Å². The van der Waals surface area contributed by atoms with Crippen molar-refractivity contribution in [1.82, 2.24) is 9.13 Å². The quantitative estimate of drug-likeness (QED) is 0.820. The van der Waals surface area contributed by atoms with E-state index in [4.69, 9.17) is 9.47 Å². The summed E-state index contributed by atoms with van der Waals surface area (Å²) in [6.45, 7) is 2.38. The first kappa shape index (κ1) is 15.0. The van der Waals surface area contributed by atoms with Crippen molar-refractivity contribution in [3.05, 3.63) is 32.1 Å². The van der Waals surface area contributed by atoms with Gasteiger partial charge in [-0.1, -0.05) is 0 Å². The zero-order valence-electron chi connectivity index (χ0n) is 12.7. The Balaban J connectivity index is 2.18. The Morgan fingerprint density at radius 3 is 2.77 bits per heavy atom. The number of hydrogen-bond acceptors (Lipinski definition) is 5. The number of aromatic nitrogens is 2. The highest BCUT2D eigenvalue weighted by Crippen LogP contribution is 2.22. The molecule has 0 amide bonds. The summed E-state index contributed by atoms with van der Waals surface area (Å²) in [5, 5.41) is 0. The van der Waals surface area contributed by atoms with Crippen molar-refractivity contribution in [2.75, 3.05) is 13.2 Å². The lowest BCUT2D eigenvalue weighted by Gasteiger charge is -2.25. The van der Waals surface area contributed by atoms with Crippen LogP contribution in [0.15, 0.2) is 9.59 Å². The van der Waals surface area contributed by atoms with Gasteiger partial charge in [-0.05, 0) is 45.4 Å². The molecule has 1 unspecified atom stereocenters. The van der Waals surface area contributed by atoms with Crippen LogP contribution in [0.2, 0.25) is 0 Å². The molecule has 0 aromatic carbocycles. The summed E-state index contributed by atoms with van der Waals surface area (Å²) >= 11 is 0. The highest BCUT2D eigenvalue weighted by Gasteiger charge is 2.30. The Kier molecular flexibility index (Phi) is 4.15. The van der Waals surface area contributed by atoms with Crippen LogP contribution in [-0.4, -0.2) is 28.4 Å². The van der Waals surface area contributed by atoms with Gasteiger partial charge in [0, 0.05) is 17.9 Å². The molecule has 2 aliphatic rings. The maximum Gasteiger partial charge on any atom is 0.422 e. The second-order valence-electron chi connectivity index (χ2n) is 5.59. The molecule has 120 valence electrons. The number of ether oxygens (including phenoxy) is 2. The maximum absolute atomic E-state index is 12.7. The molecule has 1 saturated heterocycles. The normalized spacial score (nSPS) is 20.7. The molecule has 2 heterocycles. The van der Waals surface area contributed by atoms with E-state index in [1.807, 2.05) is 0 Å². The number of carbonyl (C=O) groups excluding carboxylic acids is 1. The predicted molar refractivity (Wildman–Crippen MR) is 78.2 cm³/mol. The van der Waals surface area contributed by atoms with Crippen LogP contribution in [0.1, 0.15) is 50.1 Å². The third kappa shape index (κ3) is 2.39. The molecule has 0 radical (unpaired) electrons. The number of nitrogens with zero attached hydrogens (tertiary/aromatic N) is 2. The molecule has 0 bridgehead atoms. The highest BCUT2D eigenvalue weighted by atomic mass is 16.5. The molecular formula is C15H20N2O5. The third-order valence-corrected chi connectivity index (χ3v) is 4.23. The molecule has 0 saturated carbocycles. The molecule has 0 spiro atoms. The maximum atomic E-state index is 12.7. The van der Waals surface area contributed by atoms with Gasteiger partial charge in [0.15, 0.2) is 0 Å². The minimum Gasteiger partial charge on any atom is -0.449 e. The summed E-state index contributed by atoms with van der Waals surface area (Å²) < 4.78 is 12.7. The molecule has 1 fully saturated rings. The molecule has 3 rings (SSSR count). The van der Waals surface area contributed by atoms with Crippen LogP contribution in [0.25, 0.3) is 0 Å². The third-order valence-electron chi connectivity index (χ3n) is 4.23. The molecule has 7 nitrogen and oxygen atoms in total. The van der Waals surface area contributed by atoms with E-state index in [0.29, 0.717) is 37.1 Å². The first-order valence-corrected chi connectivity index (χ1v) is 7.83. The molecule has 1 aliphatic heterocycles. The average Bonchev–Trinajstić information content (AvgIpc) is 2.98. The zero-order valence-corrected chi connectivity index (χ0v) is 12.7. The second-order valence-corrected chi connectivity index (χ2v) is 5.59. The molecule has 1 aliphatic carbocycles. The fraction of sp³-hybridized carbons (Fsp3) is 0.667. The zero-order chi connectivity index (χ0) is 15.7. The van der Waals surface area contributed by atoms with E-state index in [2.05, 4.69) is 0 Å².